The van der Waals surface area contributed by atoms with Gasteiger partial charge in [-0.2, -0.15) is 5.06 Å². The highest BCUT2D eigenvalue weighted by molar-refractivity contribution is 5.85. The van der Waals surface area contributed by atoms with E-state index >= 15 is 0 Å². The van der Waals surface area contributed by atoms with Crippen molar-refractivity contribution in [3.8, 4) is 0 Å². The standard InChI is InChI=1S/C6H14N2O.2ClH.2H2O/c7-3-5-8-4-1-2-6-9-8;;;;/h1-7H2;2*1H;2*1H2. The molecule has 1 aliphatic heterocycles. The third kappa shape index (κ3) is 10.3. The first-order chi connectivity index (χ1) is 4.43. The fourth-order valence-electron chi connectivity index (χ4n) is 0.969. The number of nitrogens with two attached hydrogens (primary N) is 1. The molecule has 13 heavy (non-hydrogen) atoms. The van der Waals surface area contributed by atoms with E-state index in [1.807, 2.05) is 5.06 Å². The third-order valence-corrected chi connectivity index (χ3v) is 1.45. The summed E-state index contributed by atoms with van der Waals surface area (Å²) in [6.45, 7) is 3.50. The van der Waals surface area contributed by atoms with Gasteiger partial charge in [-0.15, -0.1) is 24.8 Å². The van der Waals surface area contributed by atoms with Crippen LogP contribution in [0.1, 0.15) is 12.8 Å². The molecule has 6 N–H and O–H groups in total. The molecule has 1 aliphatic rings. The van der Waals surface area contributed by atoms with Crippen LogP contribution in [0.3, 0.4) is 0 Å². The summed E-state index contributed by atoms with van der Waals surface area (Å²) >= 11 is 0. The Kier molecular flexibility index (Phi) is 26.7. The molecule has 1 rings (SSSR count). The van der Waals surface area contributed by atoms with Crippen LogP contribution >= 0.6 is 24.8 Å². The van der Waals surface area contributed by atoms with Crippen LogP contribution in [0.4, 0.5) is 0 Å². The van der Waals surface area contributed by atoms with Crippen molar-refractivity contribution in [3.05, 3.63) is 0 Å². The van der Waals surface area contributed by atoms with Crippen LogP contribution in [0.15, 0.2) is 0 Å². The lowest BCUT2D eigenvalue weighted by Gasteiger charge is -2.24. The number of halogens is 2. The molecule has 0 amide bonds. The van der Waals surface area contributed by atoms with E-state index in [0.717, 1.165) is 19.7 Å². The van der Waals surface area contributed by atoms with E-state index in [1.165, 1.54) is 12.8 Å². The van der Waals surface area contributed by atoms with Gasteiger partial charge in [0.15, 0.2) is 0 Å². The van der Waals surface area contributed by atoms with Gasteiger partial charge in [0, 0.05) is 19.6 Å². The van der Waals surface area contributed by atoms with Crippen LogP contribution in [-0.4, -0.2) is 42.3 Å². The number of hydrogen-bond donors (Lipinski definition) is 1. The lowest BCUT2D eigenvalue weighted by Crippen LogP contribution is -2.34. The van der Waals surface area contributed by atoms with Crippen LogP contribution < -0.4 is 5.73 Å². The molecule has 5 nitrogen and oxygen atoms in total. The van der Waals surface area contributed by atoms with Crippen LogP contribution in [-0.2, 0) is 4.84 Å². The lowest BCUT2D eigenvalue weighted by atomic mass is 10.3. The molecule has 0 unspecified atom stereocenters. The molecule has 0 saturated carbocycles. The summed E-state index contributed by atoms with van der Waals surface area (Å²) in [5, 5.41) is 1.95. The molecule has 0 bridgehead atoms. The summed E-state index contributed by atoms with van der Waals surface area (Å²) in [5.41, 5.74) is 5.34. The Hall–Kier alpha value is 0.380. The zero-order valence-electron chi connectivity index (χ0n) is 7.49. The summed E-state index contributed by atoms with van der Waals surface area (Å²) < 4.78 is 0. The Labute approximate surface area is 91.0 Å². The number of rotatable bonds is 2. The second kappa shape index (κ2) is 14.9. The van der Waals surface area contributed by atoms with Crippen LogP contribution in [0.2, 0.25) is 0 Å². The monoisotopic (exact) mass is 238 g/mol. The number of hydroxylamine groups is 2. The Bertz CT molecular complexity index is 81.5. The Morgan fingerprint density at radius 3 is 2.15 bits per heavy atom. The minimum Gasteiger partial charge on any atom is -0.412 e. The second-order valence-corrected chi connectivity index (χ2v) is 2.26. The van der Waals surface area contributed by atoms with Gasteiger partial charge in [-0.3, -0.25) is 4.84 Å². The minimum atomic E-state index is 0. The first kappa shape index (κ1) is 23.3. The van der Waals surface area contributed by atoms with Gasteiger partial charge < -0.3 is 16.7 Å². The normalized spacial score (nSPS) is 15.5. The fourth-order valence-corrected chi connectivity index (χ4v) is 0.969. The van der Waals surface area contributed by atoms with Gasteiger partial charge in [0.25, 0.3) is 0 Å². The lowest BCUT2D eigenvalue weighted by molar-refractivity contribution is -0.178. The van der Waals surface area contributed by atoms with Crippen molar-refractivity contribution in [2.24, 2.45) is 5.73 Å². The quantitative estimate of drug-likeness (QED) is 0.680. The van der Waals surface area contributed by atoms with Gasteiger partial charge in [0.2, 0.25) is 0 Å². The number of nitrogens with zero attached hydrogens (tertiary/aromatic N) is 1. The van der Waals surface area contributed by atoms with E-state index in [4.69, 9.17) is 10.6 Å². The molecular weight excluding hydrogens is 219 g/mol. The van der Waals surface area contributed by atoms with E-state index in [9.17, 15) is 0 Å². The summed E-state index contributed by atoms with van der Waals surface area (Å²) in [6, 6.07) is 0. The molecule has 0 aromatic rings. The molecular formula is C6H20Cl2N2O3. The maximum absolute atomic E-state index is 5.34. The molecule has 86 valence electrons. The van der Waals surface area contributed by atoms with Gasteiger partial charge in [0.05, 0.1) is 6.61 Å². The van der Waals surface area contributed by atoms with Crippen LogP contribution in [0.25, 0.3) is 0 Å². The number of hydrogen-bond acceptors (Lipinski definition) is 3. The van der Waals surface area contributed by atoms with Crippen molar-refractivity contribution >= 4 is 24.8 Å². The van der Waals surface area contributed by atoms with Crippen molar-refractivity contribution < 1.29 is 15.8 Å². The molecule has 0 aromatic heterocycles. The van der Waals surface area contributed by atoms with E-state index in [1.54, 1.807) is 0 Å². The van der Waals surface area contributed by atoms with E-state index in [2.05, 4.69) is 0 Å². The topological polar surface area (TPSA) is 101 Å². The SMILES string of the molecule is Cl.Cl.NCCN1CCCCO1.O.O. The predicted molar refractivity (Wildman–Crippen MR) is 57.5 cm³/mol. The molecule has 1 fully saturated rings. The zero-order valence-corrected chi connectivity index (χ0v) is 9.12. The Morgan fingerprint density at radius 1 is 1.15 bits per heavy atom. The highest BCUT2D eigenvalue weighted by Gasteiger charge is 2.07. The Balaban J connectivity index is -0.000000101. The summed E-state index contributed by atoms with van der Waals surface area (Å²) in [6.07, 6.45) is 2.45. The average molecular weight is 239 g/mol. The molecule has 0 radical (unpaired) electrons. The molecule has 1 saturated heterocycles. The van der Waals surface area contributed by atoms with Crippen LogP contribution in [0.5, 0.6) is 0 Å². The Morgan fingerprint density at radius 2 is 1.77 bits per heavy atom. The second-order valence-electron chi connectivity index (χ2n) is 2.26. The van der Waals surface area contributed by atoms with Crippen molar-refractivity contribution in [1.29, 1.82) is 0 Å². The first-order valence-electron chi connectivity index (χ1n) is 3.51. The summed E-state index contributed by atoms with van der Waals surface area (Å²) in [5.74, 6) is 0. The molecule has 0 atom stereocenters. The van der Waals surface area contributed by atoms with Gasteiger partial charge in [-0.05, 0) is 12.8 Å². The van der Waals surface area contributed by atoms with E-state index in [-0.39, 0.29) is 35.8 Å². The van der Waals surface area contributed by atoms with Gasteiger partial charge in [-0.25, -0.2) is 0 Å². The van der Waals surface area contributed by atoms with Crippen molar-refractivity contribution in [2.75, 3.05) is 26.2 Å². The minimum absolute atomic E-state index is 0. The highest BCUT2D eigenvalue weighted by Crippen LogP contribution is 2.03. The maximum atomic E-state index is 5.34. The van der Waals surface area contributed by atoms with Crippen LogP contribution in [0, 0.1) is 0 Å². The van der Waals surface area contributed by atoms with E-state index < -0.39 is 0 Å². The van der Waals surface area contributed by atoms with Crippen molar-refractivity contribution in [3.63, 3.8) is 0 Å². The van der Waals surface area contributed by atoms with E-state index in [0.29, 0.717) is 6.54 Å². The highest BCUT2D eigenvalue weighted by atomic mass is 35.5. The third-order valence-electron chi connectivity index (χ3n) is 1.45. The smallest absolute Gasteiger partial charge is 0.0685 e. The van der Waals surface area contributed by atoms with Gasteiger partial charge in [0.1, 0.15) is 0 Å². The van der Waals surface area contributed by atoms with Gasteiger partial charge in [-0.1, -0.05) is 0 Å². The largest absolute Gasteiger partial charge is 0.412 e. The van der Waals surface area contributed by atoms with Crippen molar-refractivity contribution in [2.45, 2.75) is 12.8 Å². The molecule has 0 spiro atoms. The first-order valence-corrected chi connectivity index (χ1v) is 3.51. The molecule has 7 heteroatoms. The van der Waals surface area contributed by atoms with Crippen molar-refractivity contribution in [1.82, 2.24) is 5.06 Å². The average Bonchev–Trinajstić information content (AvgIpc) is 1.91. The summed E-state index contributed by atoms with van der Waals surface area (Å²) in [7, 11) is 0. The zero-order chi connectivity index (χ0) is 6.53. The maximum Gasteiger partial charge on any atom is 0.0685 e. The molecule has 0 aromatic carbocycles. The summed E-state index contributed by atoms with van der Waals surface area (Å²) in [4.78, 5) is 5.27. The predicted octanol–water partition coefficient (Wildman–Crippen LogP) is -0.833. The van der Waals surface area contributed by atoms with Gasteiger partial charge >= 0.3 is 0 Å². The molecule has 1 heterocycles. The fraction of sp³-hybridized carbons (Fsp3) is 1.00. The molecule has 0 aliphatic carbocycles.